The first-order valence-corrected chi connectivity index (χ1v) is 5.66. The summed E-state index contributed by atoms with van der Waals surface area (Å²) in [7, 11) is 1.48. The van der Waals surface area contributed by atoms with Crippen LogP contribution >= 0.6 is 0 Å². The van der Waals surface area contributed by atoms with Crippen LogP contribution in [0.25, 0.3) is 0 Å². The summed E-state index contributed by atoms with van der Waals surface area (Å²) in [6.45, 7) is 0.342. The van der Waals surface area contributed by atoms with Crippen LogP contribution in [-0.2, 0) is 0 Å². The molecule has 4 nitrogen and oxygen atoms in total. The molecule has 0 amide bonds. The summed E-state index contributed by atoms with van der Waals surface area (Å²) in [5.74, 6) is 0.349. The van der Waals surface area contributed by atoms with Crippen molar-refractivity contribution in [3.63, 3.8) is 0 Å². The van der Waals surface area contributed by atoms with Gasteiger partial charge in [0.1, 0.15) is 11.6 Å². The van der Waals surface area contributed by atoms with Crippen LogP contribution in [0, 0.1) is 11.7 Å². The van der Waals surface area contributed by atoms with Crippen molar-refractivity contribution in [3.8, 4) is 5.75 Å². The highest BCUT2D eigenvalue weighted by molar-refractivity contribution is 5.62. The summed E-state index contributed by atoms with van der Waals surface area (Å²) >= 11 is 0. The van der Waals surface area contributed by atoms with E-state index < -0.39 is 11.9 Å². The van der Waals surface area contributed by atoms with Gasteiger partial charge in [0.15, 0.2) is 0 Å². The predicted molar refractivity (Wildman–Crippen MR) is 64.6 cm³/mol. The van der Waals surface area contributed by atoms with Crippen molar-refractivity contribution in [2.24, 2.45) is 5.92 Å². The summed E-state index contributed by atoms with van der Waals surface area (Å²) in [5, 5.41) is 12.6. The lowest BCUT2D eigenvalue weighted by Crippen LogP contribution is -2.21. The number of nitrogen functional groups attached to an aromatic ring is 1. The molecule has 1 aromatic carbocycles. The Labute approximate surface area is 99.6 Å². The normalized spacial score (nSPS) is 16.6. The minimum atomic E-state index is -0.439. The molecule has 0 saturated heterocycles. The van der Waals surface area contributed by atoms with E-state index in [2.05, 4.69) is 5.32 Å². The fourth-order valence-corrected chi connectivity index (χ4v) is 1.74. The van der Waals surface area contributed by atoms with Crippen LogP contribution < -0.4 is 15.8 Å². The van der Waals surface area contributed by atoms with Gasteiger partial charge in [-0.2, -0.15) is 0 Å². The van der Waals surface area contributed by atoms with E-state index >= 15 is 0 Å². The molecular formula is C12H17FN2O2. The van der Waals surface area contributed by atoms with Gasteiger partial charge in [-0.25, -0.2) is 4.39 Å². The average molecular weight is 240 g/mol. The van der Waals surface area contributed by atoms with Crippen LogP contribution in [0.5, 0.6) is 5.75 Å². The maximum absolute atomic E-state index is 13.6. The topological polar surface area (TPSA) is 67.5 Å². The highest BCUT2D eigenvalue weighted by Crippen LogP contribution is 2.33. The van der Waals surface area contributed by atoms with Gasteiger partial charge in [0.05, 0.1) is 24.6 Å². The second kappa shape index (κ2) is 4.79. The zero-order valence-corrected chi connectivity index (χ0v) is 9.74. The van der Waals surface area contributed by atoms with Crippen molar-refractivity contribution >= 4 is 11.4 Å². The van der Waals surface area contributed by atoms with Gasteiger partial charge in [0.25, 0.3) is 0 Å². The summed E-state index contributed by atoms with van der Waals surface area (Å²) < 4.78 is 18.6. The molecule has 1 aromatic rings. The molecule has 0 aliphatic heterocycles. The van der Waals surface area contributed by atoms with Crippen LogP contribution in [0.15, 0.2) is 12.1 Å². The van der Waals surface area contributed by atoms with Crippen LogP contribution in [0.2, 0.25) is 0 Å². The Morgan fingerprint density at radius 2 is 2.29 bits per heavy atom. The number of halogens is 1. The minimum Gasteiger partial charge on any atom is -0.495 e. The molecule has 1 aliphatic carbocycles. The summed E-state index contributed by atoms with van der Waals surface area (Å²) in [6, 6.07) is 2.72. The van der Waals surface area contributed by atoms with Crippen molar-refractivity contribution < 1.29 is 14.2 Å². The number of hydrogen-bond donors (Lipinski definition) is 3. The van der Waals surface area contributed by atoms with Gasteiger partial charge in [-0.3, -0.25) is 0 Å². The Morgan fingerprint density at radius 1 is 1.59 bits per heavy atom. The number of anilines is 2. The highest BCUT2D eigenvalue weighted by Gasteiger charge is 2.29. The summed E-state index contributed by atoms with van der Waals surface area (Å²) in [4.78, 5) is 0. The van der Waals surface area contributed by atoms with E-state index in [4.69, 9.17) is 10.5 Å². The third-order valence-corrected chi connectivity index (χ3v) is 2.99. The van der Waals surface area contributed by atoms with Gasteiger partial charge in [-0.15, -0.1) is 0 Å². The number of benzene rings is 1. The average Bonchev–Trinajstić information content (AvgIpc) is 3.11. The third-order valence-electron chi connectivity index (χ3n) is 2.99. The number of aliphatic hydroxyl groups is 1. The molecule has 2 rings (SSSR count). The van der Waals surface area contributed by atoms with Crippen LogP contribution in [0.3, 0.4) is 0 Å². The molecular weight excluding hydrogens is 223 g/mol. The SMILES string of the molecule is COc1cc(NCC(O)C2CC2)c(F)cc1N. The van der Waals surface area contributed by atoms with E-state index in [1.807, 2.05) is 0 Å². The molecule has 1 atom stereocenters. The van der Waals surface area contributed by atoms with E-state index in [9.17, 15) is 9.50 Å². The Kier molecular flexibility index (Phi) is 3.38. The van der Waals surface area contributed by atoms with Gasteiger partial charge >= 0.3 is 0 Å². The molecule has 0 heterocycles. The van der Waals surface area contributed by atoms with E-state index in [-0.39, 0.29) is 5.69 Å². The third kappa shape index (κ3) is 2.79. The molecule has 0 bridgehead atoms. The van der Waals surface area contributed by atoms with Gasteiger partial charge in [0.2, 0.25) is 0 Å². The molecule has 0 aromatic heterocycles. The zero-order valence-electron chi connectivity index (χ0n) is 9.74. The second-order valence-electron chi connectivity index (χ2n) is 4.36. The van der Waals surface area contributed by atoms with E-state index in [1.165, 1.54) is 19.2 Å². The maximum Gasteiger partial charge on any atom is 0.148 e. The molecule has 5 heteroatoms. The number of methoxy groups -OCH3 is 1. The highest BCUT2D eigenvalue weighted by atomic mass is 19.1. The van der Waals surface area contributed by atoms with Gasteiger partial charge in [-0.1, -0.05) is 0 Å². The standard InChI is InChI=1S/C12H17FN2O2/c1-17-12-5-10(8(13)4-9(12)14)15-6-11(16)7-2-3-7/h4-5,7,11,15-16H,2-3,6,14H2,1H3. The number of ether oxygens (including phenoxy) is 1. The first kappa shape index (κ1) is 12.0. The lowest BCUT2D eigenvalue weighted by molar-refractivity contribution is 0.164. The van der Waals surface area contributed by atoms with Crippen LogP contribution in [0.1, 0.15) is 12.8 Å². The van der Waals surface area contributed by atoms with Crippen molar-refractivity contribution in [2.45, 2.75) is 18.9 Å². The van der Waals surface area contributed by atoms with Crippen LogP contribution in [0.4, 0.5) is 15.8 Å². The Bertz CT molecular complexity index is 408. The molecule has 1 saturated carbocycles. The maximum atomic E-state index is 13.6. The monoisotopic (exact) mass is 240 g/mol. The van der Waals surface area contributed by atoms with E-state index in [0.717, 1.165) is 12.8 Å². The lowest BCUT2D eigenvalue weighted by Gasteiger charge is -2.14. The van der Waals surface area contributed by atoms with Crippen molar-refractivity contribution in [1.29, 1.82) is 0 Å². The van der Waals surface area contributed by atoms with Crippen LogP contribution in [-0.4, -0.2) is 24.9 Å². The fraction of sp³-hybridized carbons (Fsp3) is 0.500. The van der Waals surface area contributed by atoms with E-state index in [0.29, 0.717) is 23.9 Å². The van der Waals surface area contributed by atoms with Gasteiger partial charge in [0, 0.05) is 18.7 Å². The minimum absolute atomic E-state index is 0.262. The number of rotatable bonds is 5. The zero-order chi connectivity index (χ0) is 12.4. The molecule has 1 aliphatic rings. The molecule has 0 radical (unpaired) electrons. The molecule has 17 heavy (non-hydrogen) atoms. The molecule has 0 spiro atoms. The summed E-state index contributed by atoms with van der Waals surface area (Å²) in [5.41, 5.74) is 6.14. The van der Waals surface area contributed by atoms with E-state index in [1.54, 1.807) is 0 Å². The van der Waals surface area contributed by atoms with Gasteiger partial charge < -0.3 is 20.9 Å². The Balaban J connectivity index is 2.03. The van der Waals surface area contributed by atoms with Crippen molar-refractivity contribution in [2.75, 3.05) is 24.7 Å². The number of nitrogens with two attached hydrogens (primary N) is 1. The molecule has 4 N–H and O–H groups in total. The van der Waals surface area contributed by atoms with Crippen molar-refractivity contribution in [1.82, 2.24) is 0 Å². The smallest absolute Gasteiger partial charge is 0.148 e. The number of hydrogen-bond acceptors (Lipinski definition) is 4. The fourth-order valence-electron chi connectivity index (χ4n) is 1.74. The molecule has 1 unspecified atom stereocenters. The largest absolute Gasteiger partial charge is 0.495 e. The Hall–Kier alpha value is -1.49. The second-order valence-corrected chi connectivity index (χ2v) is 4.36. The number of nitrogens with one attached hydrogen (secondary N) is 1. The lowest BCUT2D eigenvalue weighted by atomic mass is 10.2. The first-order valence-electron chi connectivity index (χ1n) is 5.66. The van der Waals surface area contributed by atoms with Crippen molar-refractivity contribution in [3.05, 3.63) is 17.9 Å². The number of aliphatic hydroxyl groups excluding tert-OH is 1. The first-order chi connectivity index (χ1) is 8.11. The predicted octanol–water partition coefficient (Wildman–Crippen LogP) is 1.60. The van der Waals surface area contributed by atoms with Gasteiger partial charge in [-0.05, 0) is 18.8 Å². The quantitative estimate of drug-likeness (QED) is 0.684. The summed E-state index contributed by atoms with van der Waals surface area (Å²) in [6.07, 6.45) is 1.69. The Morgan fingerprint density at radius 3 is 2.88 bits per heavy atom. The molecule has 94 valence electrons. The molecule has 1 fully saturated rings.